The molecule has 6 heteroatoms. The largest absolute Gasteiger partial charge is 0.339 e. The van der Waals surface area contributed by atoms with Crippen LogP contribution in [0.5, 0.6) is 0 Å². The molecule has 1 amide bonds. The number of halogens is 1. The Morgan fingerprint density at radius 3 is 2.52 bits per heavy atom. The molecule has 3 rings (SSSR count). The summed E-state index contributed by atoms with van der Waals surface area (Å²) < 4.78 is 1.75. The van der Waals surface area contributed by atoms with E-state index in [9.17, 15) is 4.79 Å². The average molecular weight is 359 g/mol. The van der Waals surface area contributed by atoms with Crippen molar-refractivity contribution in [2.45, 2.75) is 13.0 Å². The number of aromatic nitrogens is 2. The molecule has 0 fully saturated rings. The Labute approximate surface area is 153 Å². The lowest BCUT2D eigenvalue weighted by Crippen LogP contribution is -2.39. The molecular formula is C19H23ClN4O. The van der Waals surface area contributed by atoms with Crippen molar-refractivity contribution in [2.24, 2.45) is 5.73 Å². The van der Waals surface area contributed by atoms with E-state index >= 15 is 0 Å². The van der Waals surface area contributed by atoms with Crippen molar-refractivity contribution in [2.75, 3.05) is 19.6 Å². The third-order valence-corrected chi connectivity index (χ3v) is 4.10. The summed E-state index contributed by atoms with van der Waals surface area (Å²) >= 11 is 0. The monoisotopic (exact) mass is 358 g/mol. The van der Waals surface area contributed by atoms with Gasteiger partial charge in [0, 0.05) is 25.0 Å². The van der Waals surface area contributed by atoms with E-state index in [2.05, 4.69) is 17.2 Å². The number of benzene rings is 2. The van der Waals surface area contributed by atoms with Crippen molar-refractivity contribution in [3.05, 3.63) is 66.4 Å². The lowest BCUT2D eigenvalue weighted by atomic mass is 10.1. The van der Waals surface area contributed by atoms with Crippen LogP contribution >= 0.6 is 12.4 Å². The summed E-state index contributed by atoms with van der Waals surface area (Å²) in [6, 6.07) is 18.1. The Morgan fingerprint density at radius 1 is 1.04 bits per heavy atom. The third-order valence-electron chi connectivity index (χ3n) is 4.10. The highest BCUT2D eigenvalue weighted by Crippen LogP contribution is 2.13. The Balaban J connectivity index is 0.00000225. The number of nitrogens with zero attached hydrogens (tertiary/aromatic N) is 3. The summed E-state index contributed by atoms with van der Waals surface area (Å²) in [5, 5.41) is 5.38. The molecule has 0 spiro atoms. The van der Waals surface area contributed by atoms with Gasteiger partial charge in [-0.25, -0.2) is 0 Å². The Kier molecular flexibility index (Phi) is 6.98. The second kappa shape index (κ2) is 9.20. The molecule has 1 heterocycles. The van der Waals surface area contributed by atoms with Crippen molar-refractivity contribution in [1.82, 2.24) is 14.7 Å². The van der Waals surface area contributed by atoms with E-state index in [-0.39, 0.29) is 24.9 Å². The van der Waals surface area contributed by atoms with Gasteiger partial charge in [0.25, 0.3) is 0 Å². The number of para-hydroxylation sites is 1. The van der Waals surface area contributed by atoms with Gasteiger partial charge >= 0.3 is 0 Å². The number of hydrogen-bond acceptors (Lipinski definition) is 3. The summed E-state index contributed by atoms with van der Waals surface area (Å²) in [4.78, 5) is 14.5. The first kappa shape index (κ1) is 19.0. The molecule has 0 aliphatic rings. The van der Waals surface area contributed by atoms with Crippen LogP contribution in [0.15, 0.2) is 60.8 Å². The van der Waals surface area contributed by atoms with Crippen LogP contribution in [-0.2, 0) is 17.8 Å². The zero-order chi connectivity index (χ0) is 16.8. The van der Waals surface area contributed by atoms with Gasteiger partial charge in [-0.1, -0.05) is 48.5 Å². The van der Waals surface area contributed by atoms with E-state index in [0.29, 0.717) is 19.6 Å². The predicted molar refractivity (Wildman–Crippen MR) is 103 cm³/mol. The van der Waals surface area contributed by atoms with Gasteiger partial charge in [0.2, 0.25) is 5.91 Å². The Bertz CT molecular complexity index is 803. The summed E-state index contributed by atoms with van der Waals surface area (Å²) in [5.41, 5.74) is 7.88. The first-order valence-corrected chi connectivity index (χ1v) is 8.20. The summed E-state index contributed by atoms with van der Waals surface area (Å²) in [5.74, 6) is 0.0465. The number of carbonyl (C=O) groups is 1. The van der Waals surface area contributed by atoms with Crippen LogP contribution in [0.2, 0.25) is 0 Å². The molecule has 132 valence electrons. The van der Waals surface area contributed by atoms with Crippen LogP contribution < -0.4 is 5.73 Å². The highest BCUT2D eigenvalue weighted by atomic mass is 35.5. The lowest BCUT2D eigenvalue weighted by Gasteiger charge is -2.22. The maximum atomic E-state index is 12.7. The Hall–Kier alpha value is -2.37. The van der Waals surface area contributed by atoms with Crippen LogP contribution in [0.3, 0.4) is 0 Å². The summed E-state index contributed by atoms with van der Waals surface area (Å²) in [6.07, 6.45) is 2.62. The SMILES string of the molecule is Cl.NCCN(CCc1ccccc1)C(=O)Cn1ncc2ccccc21. The van der Waals surface area contributed by atoms with E-state index in [1.54, 1.807) is 10.9 Å². The molecule has 0 unspecified atom stereocenters. The minimum Gasteiger partial charge on any atom is -0.339 e. The zero-order valence-corrected chi connectivity index (χ0v) is 14.9. The number of hydrogen-bond donors (Lipinski definition) is 1. The van der Waals surface area contributed by atoms with Gasteiger partial charge in [-0.05, 0) is 18.1 Å². The van der Waals surface area contributed by atoms with Crippen molar-refractivity contribution >= 4 is 29.2 Å². The van der Waals surface area contributed by atoms with Crippen LogP contribution in [0.4, 0.5) is 0 Å². The molecule has 0 atom stereocenters. The van der Waals surface area contributed by atoms with E-state index < -0.39 is 0 Å². The molecule has 0 saturated heterocycles. The third kappa shape index (κ3) is 4.81. The highest BCUT2D eigenvalue weighted by molar-refractivity contribution is 5.85. The average Bonchev–Trinajstić information content (AvgIpc) is 3.02. The number of amides is 1. The van der Waals surface area contributed by atoms with E-state index in [4.69, 9.17) is 5.73 Å². The molecule has 3 aromatic rings. The number of rotatable bonds is 7. The highest BCUT2D eigenvalue weighted by Gasteiger charge is 2.15. The van der Waals surface area contributed by atoms with Crippen molar-refractivity contribution < 1.29 is 4.79 Å². The first-order valence-electron chi connectivity index (χ1n) is 8.20. The molecule has 0 aliphatic heterocycles. The minimum absolute atomic E-state index is 0. The second-order valence-corrected chi connectivity index (χ2v) is 5.77. The van der Waals surface area contributed by atoms with Crippen molar-refractivity contribution in [3.8, 4) is 0 Å². The molecule has 0 aliphatic carbocycles. The van der Waals surface area contributed by atoms with E-state index in [1.807, 2.05) is 47.4 Å². The molecule has 2 N–H and O–H groups in total. The van der Waals surface area contributed by atoms with E-state index in [0.717, 1.165) is 17.3 Å². The second-order valence-electron chi connectivity index (χ2n) is 5.77. The molecule has 25 heavy (non-hydrogen) atoms. The fourth-order valence-corrected chi connectivity index (χ4v) is 2.81. The van der Waals surface area contributed by atoms with Gasteiger partial charge in [-0.3, -0.25) is 9.48 Å². The first-order chi connectivity index (χ1) is 11.8. The lowest BCUT2D eigenvalue weighted by molar-refractivity contribution is -0.131. The van der Waals surface area contributed by atoms with Crippen LogP contribution in [0, 0.1) is 0 Å². The molecule has 5 nitrogen and oxygen atoms in total. The van der Waals surface area contributed by atoms with Crippen molar-refractivity contribution in [1.29, 1.82) is 0 Å². The maximum Gasteiger partial charge on any atom is 0.244 e. The Morgan fingerprint density at radius 2 is 1.76 bits per heavy atom. The summed E-state index contributed by atoms with van der Waals surface area (Å²) in [7, 11) is 0. The molecule has 1 aromatic heterocycles. The molecule has 0 saturated carbocycles. The van der Waals surface area contributed by atoms with E-state index in [1.165, 1.54) is 5.56 Å². The smallest absolute Gasteiger partial charge is 0.244 e. The zero-order valence-electron chi connectivity index (χ0n) is 14.0. The summed E-state index contributed by atoms with van der Waals surface area (Å²) in [6.45, 7) is 1.92. The van der Waals surface area contributed by atoms with Gasteiger partial charge in [-0.15, -0.1) is 12.4 Å². The van der Waals surface area contributed by atoms with Crippen LogP contribution in [0.25, 0.3) is 10.9 Å². The fourth-order valence-electron chi connectivity index (χ4n) is 2.81. The number of nitrogens with two attached hydrogens (primary N) is 1. The number of fused-ring (bicyclic) bond motifs is 1. The van der Waals surface area contributed by atoms with Gasteiger partial charge in [0.1, 0.15) is 6.54 Å². The maximum absolute atomic E-state index is 12.7. The minimum atomic E-state index is 0. The van der Waals surface area contributed by atoms with Crippen molar-refractivity contribution in [3.63, 3.8) is 0 Å². The molecular weight excluding hydrogens is 336 g/mol. The van der Waals surface area contributed by atoms with Gasteiger partial charge in [-0.2, -0.15) is 5.10 Å². The normalized spacial score (nSPS) is 10.4. The molecule has 0 bridgehead atoms. The van der Waals surface area contributed by atoms with Gasteiger partial charge < -0.3 is 10.6 Å². The van der Waals surface area contributed by atoms with Gasteiger partial charge in [0.05, 0.1) is 11.7 Å². The van der Waals surface area contributed by atoms with Gasteiger partial charge in [0.15, 0.2) is 0 Å². The molecule has 0 radical (unpaired) electrons. The van der Waals surface area contributed by atoms with Crippen LogP contribution in [0.1, 0.15) is 5.56 Å². The fraction of sp³-hybridized carbons (Fsp3) is 0.263. The number of carbonyl (C=O) groups excluding carboxylic acids is 1. The predicted octanol–water partition coefficient (Wildman–Crippen LogP) is 2.49. The quantitative estimate of drug-likeness (QED) is 0.705. The topological polar surface area (TPSA) is 64.2 Å². The standard InChI is InChI=1S/C19H22N4O.ClH/c20-11-13-22(12-10-16-6-2-1-3-7-16)19(24)15-23-18-9-5-4-8-17(18)14-21-23;/h1-9,14H,10-13,15,20H2;1H. The molecule has 2 aromatic carbocycles. The van der Waals surface area contributed by atoms with Crippen LogP contribution in [-0.4, -0.2) is 40.2 Å².